The molecule has 1 atom stereocenters. The number of carbonyl (C=O) groups is 1. The van der Waals surface area contributed by atoms with Gasteiger partial charge in [0.05, 0.1) is 11.0 Å². The molecule has 0 radical (unpaired) electrons. The van der Waals surface area contributed by atoms with Crippen LogP contribution in [-0.4, -0.2) is 31.2 Å². The van der Waals surface area contributed by atoms with Gasteiger partial charge in [0.2, 0.25) is 17.6 Å². The third kappa shape index (κ3) is 4.89. The predicted octanol–water partition coefficient (Wildman–Crippen LogP) is 3.88. The molecule has 0 fully saturated rings. The van der Waals surface area contributed by atoms with Crippen molar-refractivity contribution >= 4 is 16.9 Å². The average molecular weight is 448 g/mol. The van der Waals surface area contributed by atoms with E-state index in [0.29, 0.717) is 17.2 Å². The van der Waals surface area contributed by atoms with Crippen molar-refractivity contribution in [2.75, 3.05) is 0 Å². The summed E-state index contributed by atoms with van der Waals surface area (Å²) in [6.45, 7) is 7.56. The Morgan fingerprint density at radius 1 is 1.09 bits per heavy atom. The Balaban J connectivity index is 1.57. The number of nitrogens with zero attached hydrogens (tertiary/aromatic N) is 4. The normalized spacial score (nSPS) is 12.4. The van der Waals surface area contributed by atoms with E-state index in [2.05, 4.69) is 27.6 Å². The smallest absolute Gasteiger partial charge is 0.329 e. The minimum absolute atomic E-state index is 0.00952. The second kappa shape index (κ2) is 9.44. The van der Waals surface area contributed by atoms with E-state index in [1.807, 2.05) is 57.2 Å². The Kier molecular flexibility index (Phi) is 6.44. The quantitative estimate of drug-likeness (QED) is 0.442. The molecule has 4 rings (SSSR count). The van der Waals surface area contributed by atoms with Crippen LogP contribution in [0.25, 0.3) is 22.4 Å². The van der Waals surface area contributed by atoms with Crippen LogP contribution in [0.2, 0.25) is 0 Å². The molecule has 0 aliphatic heterocycles. The van der Waals surface area contributed by atoms with Crippen molar-refractivity contribution in [3.63, 3.8) is 0 Å². The molecule has 0 unspecified atom stereocenters. The van der Waals surface area contributed by atoms with Crippen molar-refractivity contribution in [2.24, 2.45) is 0 Å². The highest BCUT2D eigenvalue weighted by Gasteiger charge is 2.19. The molecule has 4 aromatic rings. The third-order valence-electron chi connectivity index (χ3n) is 5.68. The topological polar surface area (TPSA) is 95.0 Å². The zero-order valence-corrected chi connectivity index (χ0v) is 19.4. The van der Waals surface area contributed by atoms with Crippen LogP contribution in [0.15, 0.2) is 57.8 Å². The number of hydrogen-bond acceptors (Lipinski definition) is 5. The number of nitrogens with one attached hydrogen (secondary N) is 1. The standard InChI is InChI=1S/C25H29N5O3/c1-16(2)30-21-13-12-20(24-27-18(4)33-28-24)14-22(21)29(25(30)32)15-23(31)26-17(3)10-11-19-8-6-5-7-9-19/h5-9,12-14,16-17H,10-11,15H2,1-4H3,(H,26,31)/t17-/m1/s1. The number of imidazole rings is 1. The van der Waals surface area contributed by atoms with Gasteiger partial charge in [-0.05, 0) is 57.4 Å². The minimum Gasteiger partial charge on any atom is -0.352 e. The summed E-state index contributed by atoms with van der Waals surface area (Å²) >= 11 is 0. The predicted molar refractivity (Wildman–Crippen MR) is 127 cm³/mol. The Morgan fingerprint density at radius 2 is 1.85 bits per heavy atom. The molecule has 0 saturated carbocycles. The molecule has 0 bridgehead atoms. The molecule has 8 heteroatoms. The van der Waals surface area contributed by atoms with E-state index in [0.717, 1.165) is 23.9 Å². The number of hydrogen-bond donors (Lipinski definition) is 1. The number of aromatic nitrogens is 4. The lowest BCUT2D eigenvalue weighted by atomic mass is 10.1. The Hall–Kier alpha value is -3.68. The summed E-state index contributed by atoms with van der Waals surface area (Å²) in [7, 11) is 0. The minimum atomic E-state index is -0.214. The first-order valence-corrected chi connectivity index (χ1v) is 11.2. The van der Waals surface area contributed by atoms with E-state index in [1.54, 1.807) is 11.5 Å². The maximum atomic E-state index is 13.2. The SMILES string of the molecule is Cc1nc(-c2ccc3c(c2)n(CC(=O)N[C@H](C)CCc2ccccc2)c(=O)n3C(C)C)no1. The van der Waals surface area contributed by atoms with Crippen LogP contribution in [0.1, 0.15) is 44.7 Å². The molecule has 8 nitrogen and oxygen atoms in total. The van der Waals surface area contributed by atoms with Gasteiger partial charge in [-0.25, -0.2) is 4.79 Å². The van der Waals surface area contributed by atoms with Gasteiger partial charge in [0, 0.05) is 24.6 Å². The monoisotopic (exact) mass is 447 g/mol. The fraction of sp³-hybridized carbons (Fsp3) is 0.360. The van der Waals surface area contributed by atoms with Gasteiger partial charge in [0.25, 0.3) is 0 Å². The zero-order chi connectivity index (χ0) is 23.5. The summed E-state index contributed by atoms with van der Waals surface area (Å²) in [5.41, 5.74) is 3.18. The molecule has 0 aliphatic rings. The van der Waals surface area contributed by atoms with Crippen LogP contribution in [0.5, 0.6) is 0 Å². The largest absolute Gasteiger partial charge is 0.352 e. The lowest BCUT2D eigenvalue weighted by Crippen LogP contribution is -2.38. The van der Waals surface area contributed by atoms with Crippen molar-refractivity contribution in [3.8, 4) is 11.4 Å². The fourth-order valence-corrected chi connectivity index (χ4v) is 4.05. The first-order valence-electron chi connectivity index (χ1n) is 11.2. The molecule has 2 heterocycles. The van der Waals surface area contributed by atoms with Crippen molar-refractivity contribution in [2.45, 2.75) is 59.2 Å². The van der Waals surface area contributed by atoms with Crippen LogP contribution in [-0.2, 0) is 17.8 Å². The number of fused-ring (bicyclic) bond motifs is 1. The van der Waals surface area contributed by atoms with Gasteiger partial charge in [0.15, 0.2) is 0 Å². The number of aryl methyl sites for hydroxylation is 2. The zero-order valence-electron chi connectivity index (χ0n) is 19.4. The highest BCUT2D eigenvalue weighted by Crippen LogP contribution is 2.24. The van der Waals surface area contributed by atoms with Crippen molar-refractivity contribution in [1.82, 2.24) is 24.6 Å². The molecule has 0 aliphatic carbocycles. The van der Waals surface area contributed by atoms with E-state index < -0.39 is 0 Å². The first-order chi connectivity index (χ1) is 15.8. The molecule has 1 N–H and O–H groups in total. The van der Waals surface area contributed by atoms with E-state index in [4.69, 9.17) is 4.52 Å². The van der Waals surface area contributed by atoms with E-state index in [1.165, 1.54) is 10.1 Å². The second-order valence-electron chi connectivity index (χ2n) is 8.67. The Bertz CT molecular complexity index is 1320. The lowest BCUT2D eigenvalue weighted by Gasteiger charge is -2.14. The summed E-state index contributed by atoms with van der Waals surface area (Å²) in [5.74, 6) is 0.720. The van der Waals surface area contributed by atoms with Gasteiger partial charge in [0.1, 0.15) is 6.54 Å². The summed E-state index contributed by atoms with van der Waals surface area (Å²) in [5, 5.41) is 7.00. The molecule has 172 valence electrons. The van der Waals surface area contributed by atoms with Crippen LogP contribution in [0.4, 0.5) is 0 Å². The number of benzene rings is 2. The van der Waals surface area contributed by atoms with Crippen molar-refractivity contribution in [1.29, 1.82) is 0 Å². The summed E-state index contributed by atoms with van der Waals surface area (Å²) in [6.07, 6.45) is 1.70. The van der Waals surface area contributed by atoms with Crippen LogP contribution >= 0.6 is 0 Å². The molecular formula is C25H29N5O3. The van der Waals surface area contributed by atoms with Gasteiger partial charge in [-0.15, -0.1) is 0 Å². The molecule has 0 spiro atoms. The second-order valence-corrected chi connectivity index (χ2v) is 8.67. The van der Waals surface area contributed by atoms with Gasteiger partial charge in [-0.2, -0.15) is 4.98 Å². The van der Waals surface area contributed by atoms with Crippen LogP contribution in [0.3, 0.4) is 0 Å². The van der Waals surface area contributed by atoms with Gasteiger partial charge >= 0.3 is 5.69 Å². The molecule has 2 aromatic heterocycles. The average Bonchev–Trinajstić information content (AvgIpc) is 3.34. The van der Waals surface area contributed by atoms with E-state index in [9.17, 15) is 9.59 Å². The van der Waals surface area contributed by atoms with Crippen LogP contribution in [0, 0.1) is 6.92 Å². The summed E-state index contributed by atoms with van der Waals surface area (Å²) < 4.78 is 8.31. The maximum Gasteiger partial charge on any atom is 0.329 e. The number of rotatable bonds is 8. The number of amides is 1. The van der Waals surface area contributed by atoms with Gasteiger partial charge < -0.3 is 9.84 Å². The van der Waals surface area contributed by atoms with Gasteiger partial charge in [-0.3, -0.25) is 13.9 Å². The van der Waals surface area contributed by atoms with Gasteiger partial charge in [-0.1, -0.05) is 35.5 Å². The highest BCUT2D eigenvalue weighted by molar-refractivity contribution is 5.84. The maximum absolute atomic E-state index is 13.2. The Morgan fingerprint density at radius 3 is 2.52 bits per heavy atom. The number of carbonyl (C=O) groups excluding carboxylic acids is 1. The van der Waals surface area contributed by atoms with Crippen molar-refractivity contribution in [3.05, 3.63) is 70.5 Å². The molecule has 1 amide bonds. The van der Waals surface area contributed by atoms with E-state index >= 15 is 0 Å². The molecule has 33 heavy (non-hydrogen) atoms. The van der Waals surface area contributed by atoms with E-state index in [-0.39, 0.29) is 30.2 Å². The van der Waals surface area contributed by atoms with Crippen LogP contribution < -0.4 is 11.0 Å². The summed E-state index contributed by atoms with van der Waals surface area (Å²) in [6, 6.07) is 15.7. The fourth-order valence-electron chi connectivity index (χ4n) is 4.05. The molecule has 2 aromatic carbocycles. The summed E-state index contributed by atoms with van der Waals surface area (Å²) in [4.78, 5) is 30.3. The first kappa shape index (κ1) is 22.5. The van der Waals surface area contributed by atoms with Crippen molar-refractivity contribution < 1.29 is 9.32 Å². The highest BCUT2D eigenvalue weighted by atomic mass is 16.5. The lowest BCUT2D eigenvalue weighted by molar-refractivity contribution is -0.122. The molecular weight excluding hydrogens is 418 g/mol. The molecule has 0 saturated heterocycles. The third-order valence-corrected chi connectivity index (χ3v) is 5.68. The Labute approximate surface area is 192 Å².